The van der Waals surface area contributed by atoms with E-state index in [0.29, 0.717) is 0 Å². The molecule has 0 saturated heterocycles. The van der Waals surface area contributed by atoms with E-state index >= 15 is 0 Å². The summed E-state index contributed by atoms with van der Waals surface area (Å²) in [7, 11) is 0. The molecule has 0 aromatic carbocycles. The minimum atomic E-state index is 0.789. The van der Waals surface area contributed by atoms with Gasteiger partial charge in [-0.2, -0.15) is 5.10 Å². The van der Waals surface area contributed by atoms with E-state index in [0.717, 1.165) is 5.92 Å². The number of hydrogen-bond donors (Lipinski definition) is 1. The molecule has 0 amide bonds. The molecular formula is C10H16N2. The van der Waals surface area contributed by atoms with Crippen LogP contribution in [0.3, 0.4) is 0 Å². The van der Waals surface area contributed by atoms with Crippen molar-refractivity contribution >= 4 is 0 Å². The highest BCUT2D eigenvalue weighted by Crippen LogP contribution is 2.33. The lowest BCUT2D eigenvalue weighted by molar-refractivity contribution is 0.442. The number of H-pyrrole nitrogens is 1. The summed E-state index contributed by atoms with van der Waals surface area (Å²) in [6, 6.07) is 0. The topological polar surface area (TPSA) is 28.7 Å². The van der Waals surface area contributed by atoms with Crippen molar-refractivity contribution in [3.8, 4) is 0 Å². The van der Waals surface area contributed by atoms with Crippen LogP contribution in [0, 0.1) is 6.92 Å². The van der Waals surface area contributed by atoms with Crippen LogP contribution in [0.5, 0.6) is 0 Å². The van der Waals surface area contributed by atoms with Crippen LogP contribution in [0.1, 0.15) is 49.3 Å². The van der Waals surface area contributed by atoms with E-state index in [4.69, 9.17) is 0 Å². The number of aromatic nitrogens is 2. The zero-order valence-corrected chi connectivity index (χ0v) is 7.64. The van der Waals surface area contributed by atoms with Crippen LogP contribution in [0.4, 0.5) is 0 Å². The summed E-state index contributed by atoms with van der Waals surface area (Å²) in [5.41, 5.74) is 2.65. The third-order valence-electron chi connectivity index (χ3n) is 2.92. The Hall–Kier alpha value is -0.790. The van der Waals surface area contributed by atoms with Gasteiger partial charge in [0.15, 0.2) is 0 Å². The molecular weight excluding hydrogens is 148 g/mol. The Morgan fingerprint density at radius 2 is 2.08 bits per heavy atom. The van der Waals surface area contributed by atoms with Gasteiger partial charge in [-0.3, -0.25) is 5.10 Å². The van der Waals surface area contributed by atoms with Gasteiger partial charge < -0.3 is 0 Å². The van der Waals surface area contributed by atoms with Gasteiger partial charge in [0.25, 0.3) is 0 Å². The van der Waals surface area contributed by atoms with Crippen molar-refractivity contribution < 1.29 is 0 Å². The van der Waals surface area contributed by atoms with Crippen molar-refractivity contribution in [3.05, 3.63) is 17.5 Å². The highest BCUT2D eigenvalue weighted by Gasteiger charge is 2.17. The summed E-state index contributed by atoms with van der Waals surface area (Å²) in [5, 5.41) is 7.11. The molecule has 0 bridgehead atoms. The molecule has 1 aliphatic rings. The van der Waals surface area contributed by atoms with Crippen molar-refractivity contribution in [2.45, 2.75) is 44.9 Å². The van der Waals surface area contributed by atoms with Crippen LogP contribution < -0.4 is 0 Å². The number of nitrogens with zero attached hydrogens (tertiary/aromatic N) is 1. The van der Waals surface area contributed by atoms with Gasteiger partial charge in [-0.15, -0.1) is 0 Å². The van der Waals surface area contributed by atoms with E-state index in [1.54, 1.807) is 0 Å². The van der Waals surface area contributed by atoms with Gasteiger partial charge in [-0.1, -0.05) is 19.3 Å². The van der Waals surface area contributed by atoms with Crippen LogP contribution in [0.15, 0.2) is 6.20 Å². The van der Waals surface area contributed by atoms with Crippen LogP contribution in [-0.4, -0.2) is 10.2 Å². The molecule has 0 atom stereocenters. The second kappa shape index (κ2) is 3.30. The molecule has 2 heteroatoms. The Morgan fingerprint density at radius 1 is 1.33 bits per heavy atom. The second-order valence-electron chi connectivity index (χ2n) is 3.76. The highest BCUT2D eigenvalue weighted by molar-refractivity contribution is 5.20. The predicted octanol–water partition coefficient (Wildman–Crippen LogP) is 2.77. The predicted molar refractivity (Wildman–Crippen MR) is 49.2 cm³/mol. The molecule has 0 aliphatic heterocycles. The van der Waals surface area contributed by atoms with E-state index in [1.807, 2.05) is 0 Å². The summed E-state index contributed by atoms with van der Waals surface area (Å²) >= 11 is 0. The Balaban J connectivity index is 2.13. The minimum absolute atomic E-state index is 0.789. The van der Waals surface area contributed by atoms with Crippen LogP contribution >= 0.6 is 0 Å². The third-order valence-corrected chi connectivity index (χ3v) is 2.92. The molecule has 0 radical (unpaired) electrons. The maximum atomic E-state index is 4.17. The number of aromatic amines is 1. The van der Waals surface area contributed by atoms with Gasteiger partial charge in [0.1, 0.15) is 0 Å². The first kappa shape index (κ1) is 7.84. The standard InChI is InChI=1S/C10H16N2/c1-8-10(7-11-12-8)9-5-3-2-4-6-9/h7,9H,2-6H2,1H3,(H,11,12). The number of nitrogens with one attached hydrogen (secondary N) is 1. The van der Waals surface area contributed by atoms with Crippen molar-refractivity contribution in [3.63, 3.8) is 0 Å². The molecule has 0 spiro atoms. The van der Waals surface area contributed by atoms with Gasteiger partial charge in [-0.05, 0) is 31.2 Å². The van der Waals surface area contributed by atoms with E-state index in [2.05, 4.69) is 23.3 Å². The zero-order chi connectivity index (χ0) is 8.39. The fourth-order valence-corrected chi connectivity index (χ4v) is 2.19. The van der Waals surface area contributed by atoms with E-state index in [-0.39, 0.29) is 0 Å². The van der Waals surface area contributed by atoms with Gasteiger partial charge in [0.2, 0.25) is 0 Å². The van der Waals surface area contributed by atoms with Gasteiger partial charge in [0.05, 0.1) is 5.69 Å². The highest BCUT2D eigenvalue weighted by atomic mass is 15.1. The third kappa shape index (κ3) is 1.38. The molecule has 1 aromatic rings. The second-order valence-corrected chi connectivity index (χ2v) is 3.76. The molecule has 1 fully saturated rings. The lowest BCUT2D eigenvalue weighted by Crippen LogP contribution is -2.04. The zero-order valence-electron chi connectivity index (χ0n) is 7.64. The fraction of sp³-hybridized carbons (Fsp3) is 0.700. The average molecular weight is 164 g/mol. The van der Waals surface area contributed by atoms with Crippen molar-refractivity contribution in [2.75, 3.05) is 0 Å². The molecule has 1 heterocycles. The summed E-state index contributed by atoms with van der Waals surface area (Å²) in [6.45, 7) is 2.10. The maximum absolute atomic E-state index is 4.17. The molecule has 2 nitrogen and oxygen atoms in total. The normalized spacial score (nSPS) is 19.8. The minimum Gasteiger partial charge on any atom is -0.285 e. The lowest BCUT2D eigenvalue weighted by Gasteiger charge is -2.20. The lowest BCUT2D eigenvalue weighted by atomic mass is 9.84. The van der Waals surface area contributed by atoms with Crippen LogP contribution in [-0.2, 0) is 0 Å². The summed E-state index contributed by atoms with van der Waals surface area (Å²) in [5.74, 6) is 0.789. The SMILES string of the molecule is Cc1n[nH]cc1C1CCCCC1. The smallest absolute Gasteiger partial charge is 0.0625 e. The quantitative estimate of drug-likeness (QED) is 0.679. The summed E-state index contributed by atoms with van der Waals surface area (Å²) in [4.78, 5) is 0. The molecule has 12 heavy (non-hydrogen) atoms. The first-order chi connectivity index (χ1) is 5.88. The van der Waals surface area contributed by atoms with E-state index in [9.17, 15) is 0 Å². The van der Waals surface area contributed by atoms with E-state index < -0.39 is 0 Å². The Morgan fingerprint density at radius 3 is 2.67 bits per heavy atom. The fourth-order valence-electron chi connectivity index (χ4n) is 2.19. The molecule has 1 aliphatic carbocycles. The first-order valence-corrected chi connectivity index (χ1v) is 4.88. The molecule has 66 valence electrons. The van der Waals surface area contributed by atoms with E-state index in [1.165, 1.54) is 43.4 Å². The first-order valence-electron chi connectivity index (χ1n) is 4.88. The van der Waals surface area contributed by atoms with Crippen LogP contribution in [0.2, 0.25) is 0 Å². The number of hydrogen-bond acceptors (Lipinski definition) is 1. The largest absolute Gasteiger partial charge is 0.285 e. The van der Waals surface area contributed by atoms with Crippen molar-refractivity contribution in [1.29, 1.82) is 0 Å². The molecule has 1 saturated carbocycles. The Bertz CT molecular complexity index is 246. The van der Waals surface area contributed by atoms with Crippen LogP contribution in [0.25, 0.3) is 0 Å². The average Bonchev–Trinajstić information content (AvgIpc) is 2.53. The van der Waals surface area contributed by atoms with Gasteiger partial charge in [0, 0.05) is 6.20 Å². The molecule has 0 unspecified atom stereocenters. The maximum Gasteiger partial charge on any atom is 0.0625 e. The van der Waals surface area contributed by atoms with Gasteiger partial charge >= 0.3 is 0 Å². The summed E-state index contributed by atoms with van der Waals surface area (Å²) in [6.07, 6.45) is 9.02. The van der Waals surface area contributed by atoms with Crippen molar-refractivity contribution in [1.82, 2.24) is 10.2 Å². The Labute approximate surface area is 73.4 Å². The molecule has 2 rings (SSSR count). The Kier molecular flexibility index (Phi) is 2.15. The number of aryl methyl sites for hydroxylation is 1. The van der Waals surface area contributed by atoms with Gasteiger partial charge in [-0.25, -0.2) is 0 Å². The molecule has 1 aromatic heterocycles. The molecule has 1 N–H and O–H groups in total. The summed E-state index contributed by atoms with van der Waals surface area (Å²) < 4.78 is 0. The number of rotatable bonds is 1. The monoisotopic (exact) mass is 164 g/mol. The van der Waals surface area contributed by atoms with Crippen molar-refractivity contribution in [2.24, 2.45) is 0 Å².